The van der Waals surface area contributed by atoms with E-state index in [4.69, 9.17) is 0 Å². The van der Waals surface area contributed by atoms with Gasteiger partial charge in [0.2, 0.25) is 0 Å². The molecule has 0 fully saturated rings. The maximum Gasteiger partial charge on any atom is 0.186 e. The Morgan fingerprint density at radius 3 is 1.49 bits per heavy atom. The van der Waals surface area contributed by atoms with E-state index in [1.807, 2.05) is 48.5 Å². The Hall–Kier alpha value is -3.03. The fourth-order valence-electron chi connectivity index (χ4n) is 4.75. The van der Waals surface area contributed by atoms with Crippen molar-refractivity contribution in [3.63, 3.8) is 0 Å². The van der Waals surface area contributed by atoms with Gasteiger partial charge in [0.15, 0.2) is 22.2 Å². The molecule has 3 rings (SSSR count). The topological polar surface area (TPSA) is 105 Å². The molecule has 3 aromatic rings. The number of benzene rings is 3. The quantitative estimate of drug-likeness (QED) is 0.248. The number of nitriles is 1. The van der Waals surface area contributed by atoms with Gasteiger partial charge in [-0.2, -0.15) is 5.26 Å². The normalized spacial score (nSPS) is 13.0. The van der Waals surface area contributed by atoms with Gasteiger partial charge in [0.05, 0.1) is 15.9 Å². The van der Waals surface area contributed by atoms with Crippen molar-refractivity contribution >= 4 is 33.5 Å². The molecule has 9 heteroatoms. The molecule has 0 aliphatic rings. The van der Waals surface area contributed by atoms with Crippen LogP contribution in [0.5, 0.6) is 0 Å². The molecule has 2 unspecified atom stereocenters. The summed E-state index contributed by atoms with van der Waals surface area (Å²) in [5.41, 5.74) is 2.13. The van der Waals surface area contributed by atoms with Gasteiger partial charge in [-0.05, 0) is 80.8 Å². The summed E-state index contributed by atoms with van der Waals surface area (Å²) in [6, 6.07) is 21.9. The molecule has 0 heterocycles. The van der Waals surface area contributed by atoms with E-state index in [1.54, 1.807) is 0 Å². The van der Waals surface area contributed by atoms with Crippen molar-refractivity contribution in [1.29, 1.82) is 5.26 Å². The van der Waals surface area contributed by atoms with Crippen molar-refractivity contribution in [2.75, 3.05) is 36.0 Å². The third-order valence-electron chi connectivity index (χ3n) is 6.77. The highest BCUT2D eigenvalue weighted by Crippen LogP contribution is 2.42. The van der Waals surface area contributed by atoms with Crippen LogP contribution in [-0.4, -0.2) is 43.7 Å². The van der Waals surface area contributed by atoms with Crippen molar-refractivity contribution < 1.29 is 17.5 Å². The van der Waals surface area contributed by atoms with E-state index in [0.717, 1.165) is 37.6 Å². The molecule has 3 aromatic carbocycles. The summed E-state index contributed by atoms with van der Waals surface area (Å²) in [5, 5.41) is 10.8. The van der Waals surface area contributed by atoms with Crippen LogP contribution in [0.1, 0.15) is 44.4 Å². The summed E-state index contributed by atoms with van der Waals surface area (Å²) in [4.78, 5) is 4.29. The Morgan fingerprint density at radius 2 is 1.16 bits per heavy atom. The minimum Gasteiger partial charge on any atom is -0.372 e. The van der Waals surface area contributed by atoms with Crippen molar-refractivity contribution in [1.82, 2.24) is 0 Å². The fourth-order valence-corrected chi connectivity index (χ4v) is 5.87. The molecule has 0 bridgehead atoms. The van der Waals surface area contributed by atoms with Gasteiger partial charge >= 0.3 is 0 Å². The van der Waals surface area contributed by atoms with Gasteiger partial charge in [-0.25, -0.2) is 8.42 Å². The Labute approximate surface area is 224 Å². The van der Waals surface area contributed by atoms with E-state index in [2.05, 4.69) is 43.6 Å². The summed E-state index contributed by atoms with van der Waals surface area (Å²) >= 11 is -4.85. The van der Waals surface area contributed by atoms with Crippen LogP contribution < -0.4 is 9.80 Å². The highest BCUT2D eigenvalue weighted by atomic mass is 32.2. The zero-order valence-corrected chi connectivity index (χ0v) is 23.2. The SMILES string of the molecule is CCN(CC)c1ccc(C(C#N)(c2ccc(N(CC)CC)cc2)c2ccc(S(=O)O)cc2S(=O)O)cc1. The van der Waals surface area contributed by atoms with Crippen LogP contribution in [0.2, 0.25) is 0 Å². The van der Waals surface area contributed by atoms with Crippen LogP contribution >= 0.6 is 0 Å². The fraction of sp³-hybridized carbons (Fsp3) is 0.321. The predicted octanol–water partition coefficient (Wildman–Crippen LogP) is 5.40. The molecule has 2 atom stereocenters. The summed E-state index contributed by atoms with van der Waals surface area (Å²) in [5.74, 6) is 0. The number of rotatable bonds is 11. The number of nitrogens with zero attached hydrogens (tertiary/aromatic N) is 3. The smallest absolute Gasteiger partial charge is 0.186 e. The zero-order chi connectivity index (χ0) is 27.2. The molecule has 37 heavy (non-hydrogen) atoms. The molecule has 0 aliphatic heterocycles. The molecule has 7 nitrogen and oxygen atoms in total. The Bertz CT molecular complexity index is 1240. The minimum atomic E-state index is -2.51. The van der Waals surface area contributed by atoms with Crippen LogP contribution in [0.4, 0.5) is 11.4 Å². The Balaban J connectivity index is 2.33. The van der Waals surface area contributed by atoms with Gasteiger partial charge < -0.3 is 18.9 Å². The highest BCUT2D eigenvalue weighted by Gasteiger charge is 2.40. The molecule has 0 amide bonds. The second-order valence-corrected chi connectivity index (χ2v) is 10.4. The third-order valence-corrected chi connectivity index (χ3v) is 8.14. The van der Waals surface area contributed by atoms with Crippen molar-refractivity contribution in [3.8, 4) is 6.07 Å². The van der Waals surface area contributed by atoms with E-state index >= 15 is 0 Å². The van der Waals surface area contributed by atoms with Crippen LogP contribution in [-0.2, 0) is 27.6 Å². The maximum atomic E-state index is 12.5. The predicted molar refractivity (Wildman–Crippen MR) is 150 cm³/mol. The molecule has 196 valence electrons. The molecule has 0 radical (unpaired) electrons. The molecular weight excluding hydrogens is 506 g/mol. The molecular formula is C28H33N3O4S2. The van der Waals surface area contributed by atoms with Gasteiger partial charge in [-0.1, -0.05) is 30.3 Å². The first-order valence-corrected chi connectivity index (χ1v) is 14.5. The summed E-state index contributed by atoms with van der Waals surface area (Å²) in [6.45, 7) is 11.6. The van der Waals surface area contributed by atoms with Crippen LogP contribution in [0, 0.1) is 11.3 Å². The van der Waals surface area contributed by atoms with Gasteiger partial charge in [0, 0.05) is 37.6 Å². The first-order chi connectivity index (χ1) is 17.8. The van der Waals surface area contributed by atoms with E-state index in [9.17, 15) is 22.8 Å². The standard InChI is InChI=1S/C28H33N3O4S2/c1-5-30(6-2)23-13-9-21(10-14-23)28(20-29,22-11-15-24(16-12-22)31(7-3)8-4)26-18-17-25(36(32)33)19-27(26)37(34)35/h9-19H,5-8H2,1-4H3,(H,32,33)(H,34,35). The summed E-state index contributed by atoms with van der Waals surface area (Å²) in [7, 11) is 0. The molecule has 0 aromatic heterocycles. The van der Waals surface area contributed by atoms with Crippen molar-refractivity contribution in [2.24, 2.45) is 0 Å². The highest BCUT2D eigenvalue weighted by molar-refractivity contribution is 7.80. The number of hydrogen-bond acceptors (Lipinski definition) is 5. The largest absolute Gasteiger partial charge is 0.372 e. The lowest BCUT2D eigenvalue weighted by molar-refractivity contribution is 0.559. The van der Waals surface area contributed by atoms with Gasteiger partial charge in [-0.15, -0.1) is 0 Å². The molecule has 0 saturated carbocycles. The number of hydrogen-bond donors (Lipinski definition) is 2. The van der Waals surface area contributed by atoms with Gasteiger partial charge in [0.1, 0.15) is 5.41 Å². The van der Waals surface area contributed by atoms with Crippen molar-refractivity contribution in [3.05, 3.63) is 83.4 Å². The first-order valence-electron chi connectivity index (χ1n) is 12.3. The lowest BCUT2D eigenvalue weighted by atomic mass is 9.70. The lowest BCUT2D eigenvalue weighted by Gasteiger charge is -2.31. The molecule has 0 spiro atoms. The van der Waals surface area contributed by atoms with Crippen LogP contribution in [0.25, 0.3) is 0 Å². The van der Waals surface area contributed by atoms with E-state index in [1.165, 1.54) is 18.2 Å². The van der Waals surface area contributed by atoms with E-state index in [0.29, 0.717) is 11.1 Å². The summed E-state index contributed by atoms with van der Waals surface area (Å²) in [6.07, 6.45) is 0. The second-order valence-electron chi connectivity index (χ2n) is 8.46. The Morgan fingerprint density at radius 1 is 0.730 bits per heavy atom. The second kappa shape index (κ2) is 12.5. The maximum absolute atomic E-state index is 12.5. The van der Waals surface area contributed by atoms with Crippen LogP contribution in [0.15, 0.2) is 76.5 Å². The van der Waals surface area contributed by atoms with Gasteiger partial charge in [0.25, 0.3) is 0 Å². The lowest BCUT2D eigenvalue weighted by Crippen LogP contribution is -2.30. The first kappa shape index (κ1) is 28.5. The molecule has 0 saturated heterocycles. The van der Waals surface area contributed by atoms with E-state index in [-0.39, 0.29) is 15.4 Å². The number of anilines is 2. The average molecular weight is 540 g/mol. The van der Waals surface area contributed by atoms with Crippen molar-refractivity contribution in [2.45, 2.75) is 42.9 Å². The molecule has 0 aliphatic carbocycles. The summed E-state index contributed by atoms with van der Waals surface area (Å²) < 4.78 is 44.0. The Kier molecular flexibility index (Phi) is 9.62. The molecule has 2 N–H and O–H groups in total. The third kappa shape index (κ3) is 5.63. The van der Waals surface area contributed by atoms with Gasteiger partial charge in [-0.3, -0.25) is 0 Å². The minimum absolute atomic E-state index is 0.0123. The van der Waals surface area contributed by atoms with Crippen LogP contribution in [0.3, 0.4) is 0 Å². The van der Waals surface area contributed by atoms with E-state index < -0.39 is 27.6 Å². The monoisotopic (exact) mass is 539 g/mol. The average Bonchev–Trinajstić information content (AvgIpc) is 2.92. The zero-order valence-electron chi connectivity index (χ0n) is 21.5.